The molecule has 0 amide bonds. The van der Waals surface area contributed by atoms with Gasteiger partial charge in [0.1, 0.15) is 0 Å². The molecule has 2 heteroatoms. The quantitative estimate of drug-likeness (QED) is 0.564. The Balaban J connectivity index is 2.15. The van der Waals surface area contributed by atoms with Crippen molar-refractivity contribution in [3.63, 3.8) is 0 Å². The van der Waals surface area contributed by atoms with Crippen LogP contribution in [0.15, 0.2) is 0 Å². The molecular formula is C8H13NSe. The van der Waals surface area contributed by atoms with Gasteiger partial charge in [0.15, 0.2) is 0 Å². The van der Waals surface area contributed by atoms with Crippen molar-refractivity contribution in [2.24, 2.45) is 10.8 Å². The maximum absolute atomic E-state index is 2.96. The van der Waals surface area contributed by atoms with Crippen LogP contribution in [-0.2, 0) is 0 Å². The van der Waals surface area contributed by atoms with Gasteiger partial charge in [-0.1, -0.05) is 0 Å². The number of hydrogen-bond acceptors (Lipinski definition) is 1. The van der Waals surface area contributed by atoms with Crippen LogP contribution < -0.4 is 0 Å². The van der Waals surface area contributed by atoms with Gasteiger partial charge in [-0.15, -0.1) is 0 Å². The second-order valence-electron chi connectivity index (χ2n) is 4.31. The molecule has 0 spiro atoms. The molecule has 0 aromatic carbocycles. The molecule has 0 aromatic heterocycles. The summed E-state index contributed by atoms with van der Waals surface area (Å²) in [4.78, 5) is 2.39. The van der Waals surface area contributed by atoms with Crippen LogP contribution in [0.4, 0.5) is 0 Å². The monoisotopic (exact) mass is 203 g/mol. The molecular weight excluding hydrogens is 189 g/mol. The van der Waals surface area contributed by atoms with Crippen LogP contribution in [-0.4, -0.2) is 38.6 Å². The normalized spacial score (nSPS) is 50.8. The van der Waals surface area contributed by atoms with Crippen LogP contribution >= 0.6 is 0 Å². The number of piperidine rings is 1. The van der Waals surface area contributed by atoms with Gasteiger partial charge in [-0.25, -0.2) is 0 Å². The first-order valence-electron chi connectivity index (χ1n) is 3.79. The first-order valence-corrected chi connectivity index (χ1v) is 4.78. The van der Waals surface area contributed by atoms with Gasteiger partial charge in [-0.05, 0) is 0 Å². The molecule has 2 aliphatic rings. The average molecular weight is 202 g/mol. The summed E-state index contributed by atoms with van der Waals surface area (Å²) < 4.78 is 0. The van der Waals surface area contributed by atoms with Crippen molar-refractivity contribution in [3.05, 3.63) is 0 Å². The van der Waals surface area contributed by atoms with Crippen molar-refractivity contribution in [2.75, 3.05) is 13.1 Å². The Labute approximate surface area is 70.1 Å². The van der Waals surface area contributed by atoms with Gasteiger partial charge in [0.05, 0.1) is 0 Å². The number of nitrogens with zero attached hydrogens (tertiary/aromatic N) is 1. The zero-order valence-corrected chi connectivity index (χ0v) is 8.27. The van der Waals surface area contributed by atoms with Crippen LogP contribution in [0.2, 0.25) is 0 Å². The minimum atomic E-state index is 0.646. The van der Waals surface area contributed by atoms with E-state index in [9.17, 15) is 0 Å². The van der Waals surface area contributed by atoms with E-state index < -0.39 is 0 Å². The Morgan fingerprint density at radius 2 is 1.80 bits per heavy atom. The molecule has 1 saturated carbocycles. The fraction of sp³-hybridized carbons (Fsp3) is 0.875. The van der Waals surface area contributed by atoms with E-state index in [2.05, 4.69) is 39.4 Å². The summed E-state index contributed by atoms with van der Waals surface area (Å²) in [6, 6.07) is 0. The molecule has 1 nitrogen and oxygen atoms in total. The van der Waals surface area contributed by atoms with Crippen molar-refractivity contribution in [1.82, 2.24) is 4.90 Å². The van der Waals surface area contributed by atoms with E-state index in [-0.39, 0.29) is 0 Å². The van der Waals surface area contributed by atoms with Gasteiger partial charge in [-0.2, -0.15) is 0 Å². The molecule has 56 valence electrons. The van der Waals surface area contributed by atoms with E-state index in [1.807, 2.05) is 0 Å². The molecule has 1 heterocycles. The van der Waals surface area contributed by atoms with E-state index >= 15 is 0 Å². The van der Waals surface area contributed by atoms with Crippen molar-refractivity contribution in [1.29, 1.82) is 0 Å². The standard InChI is InChI=1S/C8H13NSe/c1-7-3-8(7,2)5-9(4-7)6-10/h6H,3-5H2,1-2H3. The molecule has 0 N–H and O–H groups in total. The fourth-order valence-corrected chi connectivity index (χ4v) is 2.65. The van der Waals surface area contributed by atoms with Gasteiger partial charge >= 0.3 is 69.7 Å². The predicted molar refractivity (Wildman–Crippen MR) is 44.2 cm³/mol. The number of hydrogen-bond donors (Lipinski definition) is 0. The predicted octanol–water partition coefficient (Wildman–Crippen LogP) is 0.646. The summed E-state index contributed by atoms with van der Waals surface area (Å²) in [6.07, 6.45) is 1.43. The summed E-state index contributed by atoms with van der Waals surface area (Å²) in [7, 11) is 0. The summed E-state index contributed by atoms with van der Waals surface area (Å²) in [5.41, 5.74) is 1.29. The van der Waals surface area contributed by atoms with Crippen LogP contribution in [0.25, 0.3) is 0 Å². The molecule has 2 rings (SSSR count). The molecule has 1 aliphatic carbocycles. The number of rotatable bonds is 1. The summed E-state index contributed by atoms with van der Waals surface area (Å²) in [5, 5.41) is 2.10. The van der Waals surface area contributed by atoms with Gasteiger partial charge in [0.25, 0.3) is 0 Å². The average Bonchev–Trinajstić information content (AvgIpc) is 2.24. The molecule has 2 atom stereocenters. The van der Waals surface area contributed by atoms with Gasteiger partial charge in [-0.3, -0.25) is 0 Å². The maximum atomic E-state index is 2.96. The summed E-state index contributed by atoms with van der Waals surface area (Å²) in [6.45, 7) is 7.32. The van der Waals surface area contributed by atoms with Crippen molar-refractivity contribution < 1.29 is 0 Å². The molecule has 1 aliphatic heterocycles. The Morgan fingerprint density at radius 3 is 2.10 bits per heavy atom. The molecule has 2 unspecified atom stereocenters. The third kappa shape index (κ3) is 0.667. The third-order valence-electron chi connectivity index (χ3n) is 3.37. The SMILES string of the molecule is CC12CN(C=[Se])CC1(C)C2. The first-order chi connectivity index (χ1) is 4.60. The van der Waals surface area contributed by atoms with Crippen LogP contribution in [0.3, 0.4) is 0 Å². The summed E-state index contributed by atoms with van der Waals surface area (Å²) in [5.74, 6) is 0. The number of likely N-dealkylation sites (tertiary alicyclic amines) is 1. The van der Waals surface area contributed by atoms with Crippen LogP contribution in [0, 0.1) is 10.8 Å². The fourth-order valence-electron chi connectivity index (χ4n) is 2.34. The van der Waals surface area contributed by atoms with E-state index in [0.29, 0.717) is 10.8 Å². The van der Waals surface area contributed by atoms with E-state index in [1.54, 1.807) is 0 Å². The van der Waals surface area contributed by atoms with Crippen molar-refractivity contribution >= 4 is 20.6 Å². The number of fused-ring (bicyclic) bond motifs is 1. The van der Waals surface area contributed by atoms with Gasteiger partial charge in [0, 0.05) is 0 Å². The van der Waals surface area contributed by atoms with E-state index in [0.717, 1.165) is 0 Å². The van der Waals surface area contributed by atoms with Gasteiger partial charge < -0.3 is 0 Å². The zero-order chi connectivity index (χ0) is 7.41. The van der Waals surface area contributed by atoms with Crippen molar-refractivity contribution in [3.8, 4) is 0 Å². The molecule has 1 saturated heterocycles. The molecule has 0 radical (unpaired) electrons. The Hall–Kier alpha value is 0.189. The molecule has 2 fully saturated rings. The van der Waals surface area contributed by atoms with Crippen LogP contribution in [0.5, 0.6) is 0 Å². The van der Waals surface area contributed by atoms with Crippen molar-refractivity contribution in [2.45, 2.75) is 20.3 Å². The van der Waals surface area contributed by atoms with E-state index in [4.69, 9.17) is 0 Å². The Kier molecular flexibility index (Phi) is 1.15. The second kappa shape index (κ2) is 1.67. The topological polar surface area (TPSA) is 3.24 Å². The molecule has 0 aromatic rings. The van der Waals surface area contributed by atoms with E-state index in [1.165, 1.54) is 19.5 Å². The third-order valence-corrected chi connectivity index (χ3v) is 3.99. The van der Waals surface area contributed by atoms with Crippen LogP contribution in [0.1, 0.15) is 20.3 Å². The summed E-state index contributed by atoms with van der Waals surface area (Å²) >= 11 is 2.96. The zero-order valence-electron chi connectivity index (χ0n) is 6.55. The Bertz CT molecular complexity index is 176. The minimum absolute atomic E-state index is 0.646. The molecule has 0 bridgehead atoms. The first kappa shape index (κ1) is 6.87. The second-order valence-corrected chi connectivity index (χ2v) is 4.75. The van der Waals surface area contributed by atoms with Gasteiger partial charge in [0.2, 0.25) is 0 Å². The Morgan fingerprint density at radius 1 is 1.30 bits per heavy atom. The molecule has 10 heavy (non-hydrogen) atoms.